The van der Waals surface area contributed by atoms with Crippen molar-refractivity contribution >= 4 is 11.9 Å². The fourth-order valence-electron chi connectivity index (χ4n) is 1.26. The van der Waals surface area contributed by atoms with Crippen LogP contribution in [0.25, 0.3) is 0 Å². The second-order valence-electron chi connectivity index (χ2n) is 3.41. The quantitative estimate of drug-likeness (QED) is 0.491. The van der Waals surface area contributed by atoms with Crippen molar-refractivity contribution < 1.29 is 36.9 Å². The molecule has 0 heterocycles. The third-order valence-electron chi connectivity index (χ3n) is 2.03. The molecule has 4 nitrogen and oxygen atoms in total. The maximum Gasteiger partial charge on any atom is 0.303 e. The molecule has 0 unspecified atom stereocenters. The van der Waals surface area contributed by atoms with Crippen molar-refractivity contribution in [2.75, 3.05) is 0 Å². The summed E-state index contributed by atoms with van der Waals surface area (Å²) in [5.41, 5.74) is 0. The predicted molar refractivity (Wildman–Crippen MR) is 52.2 cm³/mol. The summed E-state index contributed by atoms with van der Waals surface area (Å²) in [4.78, 5) is 20.3. The third kappa shape index (κ3) is 16.2. The first-order valence-corrected chi connectivity index (χ1v) is 5.06. The summed E-state index contributed by atoms with van der Waals surface area (Å²) in [5, 5.41) is 16.7. The topological polar surface area (TPSA) is 74.6 Å². The van der Waals surface area contributed by atoms with Crippen LogP contribution in [-0.2, 0) is 26.7 Å². The van der Waals surface area contributed by atoms with Gasteiger partial charge in [-0.25, -0.2) is 0 Å². The molecule has 2 N–H and O–H groups in total. The molecule has 0 atom stereocenters. The SMILES string of the molecule is O=C(O)CCCCCCCCC(=O)O.[Mn]. The zero-order chi connectivity index (χ0) is 10.8. The van der Waals surface area contributed by atoms with Crippen LogP contribution in [0.2, 0.25) is 0 Å². The first kappa shape index (κ1) is 16.9. The predicted octanol–water partition coefficient (Wildman–Crippen LogP) is 2.27. The number of aliphatic carboxylic acids is 2. The third-order valence-corrected chi connectivity index (χ3v) is 2.03. The van der Waals surface area contributed by atoms with E-state index in [1.54, 1.807) is 0 Å². The summed E-state index contributed by atoms with van der Waals surface area (Å²) in [7, 11) is 0. The van der Waals surface area contributed by atoms with E-state index < -0.39 is 11.9 Å². The van der Waals surface area contributed by atoms with Gasteiger partial charge in [0, 0.05) is 29.9 Å². The smallest absolute Gasteiger partial charge is 0.303 e. The molecule has 0 aliphatic rings. The number of carboxylic acids is 2. The molecule has 1 radical (unpaired) electrons. The van der Waals surface area contributed by atoms with Crippen LogP contribution >= 0.6 is 0 Å². The largest absolute Gasteiger partial charge is 0.481 e. The van der Waals surface area contributed by atoms with Gasteiger partial charge in [0.05, 0.1) is 0 Å². The van der Waals surface area contributed by atoms with Gasteiger partial charge in [-0.05, 0) is 12.8 Å². The molecule has 0 aromatic heterocycles. The second kappa shape index (κ2) is 11.5. The Morgan fingerprint density at radius 2 is 0.933 bits per heavy atom. The molecular weight excluding hydrogens is 239 g/mol. The van der Waals surface area contributed by atoms with Gasteiger partial charge < -0.3 is 10.2 Å². The fraction of sp³-hybridized carbons (Fsp3) is 0.800. The number of hydrogen-bond acceptors (Lipinski definition) is 2. The molecular formula is C10H18MnO4. The van der Waals surface area contributed by atoms with Crippen LogP contribution in [0.5, 0.6) is 0 Å². The minimum absolute atomic E-state index is 0. The minimum Gasteiger partial charge on any atom is -0.481 e. The monoisotopic (exact) mass is 257 g/mol. The number of carboxylic acid groups (broad SMARTS) is 2. The Hall–Kier alpha value is -0.541. The summed E-state index contributed by atoms with van der Waals surface area (Å²) >= 11 is 0. The summed E-state index contributed by atoms with van der Waals surface area (Å²) in [6, 6.07) is 0. The van der Waals surface area contributed by atoms with Crippen molar-refractivity contribution in [2.45, 2.75) is 51.4 Å². The van der Waals surface area contributed by atoms with Gasteiger partial charge >= 0.3 is 11.9 Å². The van der Waals surface area contributed by atoms with Crippen molar-refractivity contribution in [1.82, 2.24) is 0 Å². The number of hydrogen-bond donors (Lipinski definition) is 2. The van der Waals surface area contributed by atoms with E-state index >= 15 is 0 Å². The molecule has 0 fully saturated rings. The molecule has 0 spiro atoms. The maximum atomic E-state index is 10.1. The van der Waals surface area contributed by atoms with E-state index in [1.165, 1.54) is 0 Å². The Morgan fingerprint density at radius 1 is 0.667 bits per heavy atom. The van der Waals surface area contributed by atoms with E-state index in [0.29, 0.717) is 0 Å². The van der Waals surface area contributed by atoms with Crippen LogP contribution in [0.4, 0.5) is 0 Å². The average Bonchev–Trinajstić information content (AvgIpc) is 2.08. The van der Waals surface area contributed by atoms with Gasteiger partial charge in [0.15, 0.2) is 0 Å². The van der Waals surface area contributed by atoms with Gasteiger partial charge in [0.1, 0.15) is 0 Å². The Bertz CT molecular complexity index is 162. The standard InChI is InChI=1S/C10H18O4.Mn/c11-9(12)7-5-3-1-2-4-6-8-10(13)14;/h1-8H2,(H,11,12)(H,13,14);. The van der Waals surface area contributed by atoms with Crippen LogP contribution < -0.4 is 0 Å². The van der Waals surface area contributed by atoms with Gasteiger partial charge in [-0.3, -0.25) is 9.59 Å². The summed E-state index contributed by atoms with van der Waals surface area (Å²) in [6.07, 6.45) is 5.82. The van der Waals surface area contributed by atoms with Crippen LogP contribution in [0.15, 0.2) is 0 Å². The van der Waals surface area contributed by atoms with E-state index in [4.69, 9.17) is 10.2 Å². The van der Waals surface area contributed by atoms with Crippen LogP contribution in [0.1, 0.15) is 51.4 Å². The molecule has 0 bridgehead atoms. The van der Waals surface area contributed by atoms with Crippen LogP contribution in [0.3, 0.4) is 0 Å². The first-order valence-electron chi connectivity index (χ1n) is 5.06. The summed E-state index contributed by atoms with van der Waals surface area (Å²) < 4.78 is 0. The molecule has 0 aliphatic heterocycles. The minimum atomic E-state index is -0.740. The molecule has 89 valence electrons. The average molecular weight is 257 g/mol. The molecule has 0 amide bonds. The summed E-state index contributed by atoms with van der Waals surface area (Å²) in [6.45, 7) is 0. The van der Waals surface area contributed by atoms with Gasteiger partial charge in [0.2, 0.25) is 0 Å². The van der Waals surface area contributed by atoms with Crippen molar-refractivity contribution in [3.05, 3.63) is 0 Å². The van der Waals surface area contributed by atoms with Gasteiger partial charge in [0.25, 0.3) is 0 Å². The molecule has 0 saturated carbocycles. The van der Waals surface area contributed by atoms with Gasteiger partial charge in [-0.2, -0.15) is 0 Å². The molecule has 0 rings (SSSR count). The van der Waals surface area contributed by atoms with Crippen molar-refractivity contribution in [3.63, 3.8) is 0 Å². The maximum absolute atomic E-state index is 10.1. The zero-order valence-corrected chi connectivity index (χ0v) is 9.93. The van der Waals surface area contributed by atoms with Crippen LogP contribution in [-0.4, -0.2) is 22.2 Å². The Morgan fingerprint density at radius 3 is 1.20 bits per heavy atom. The van der Waals surface area contributed by atoms with Crippen molar-refractivity contribution in [1.29, 1.82) is 0 Å². The fourth-order valence-corrected chi connectivity index (χ4v) is 1.26. The van der Waals surface area contributed by atoms with E-state index in [9.17, 15) is 9.59 Å². The van der Waals surface area contributed by atoms with E-state index in [-0.39, 0.29) is 29.9 Å². The Labute approximate surface area is 101 Å². The Balaban J connectivity index is 0. The number of carbonyl (C=O) groups is 2. The molecule has 0 saturated heterocycles. The first-order chi connectivity index (χ1) is 6.63. The second-order valence-corrected chi connectivity index (χ2v) is 3.41. The molecule has 0 aliphatic carbocycles. The normalized spacial score (nSPS) is 9.33. The molecule has 15 heavy (non-hydrogen) atoms. The Kier molecular flexibility index (Phi) is 13.0. The van der Waals surface area contributed by atoms with Crippen molar-refractivity contribution in [3.8, 4) is 0 Å². The number of rotatable bonds is 9. The molecule has 0 aromatic carbocycles. The van der Waals surface area contributed by atoms with E-state index in [2.05, 4.69) is 0 Å². The zero-order valence-electron chi connectivity index (χ0n) is 8.75. The van der Waals surface area contributed by atoms with Crippen LogP contribution in [0, 0.1) is 0 Å². The van der Waals surface area contributed by atoms with E-state index in [0.717, 1.165) is 38.5 Å². The van der Waals surface area contributed by atoms with Gasteiger partial charge in [-0.1, -0.05) is 25.7 Å². The summed E-state index contributed by atoms with van der Waals surface area (Å²) in [5.74, 6) is -1.48. The molecule has 0 aromatic rings. The molecule has 5 heteroatoms. The van der Waals surface area contributed by atoms with E-state index in [1.807, 2.05) is 0 Å². The van der Waals surface area contributed by atoms with Gasteiger partial charge in [-0.15, -0.1) is 0 Å². The van der Waals surface area contributed by atoms with Crippen molar-refractivity contribution in [2.24, 2.45) is 0 Å². The number of unbranched alkanes of at least 4 members (excludes halogenated alkanes) is 5.